The van der Waals surface area contributed by atoms with Crippen LogP contribution in [0.25, 0.3) is 0 Å². The van der Waals surface area contributed by atoms with Crippen molar-refractivity contribution in [1.29, 1.82) is 0 Å². The SMILES string of the molecule is Cc1cc(NC(=O)c2cnc(NCCCc3ccccc3)nc2)no1. The molecular weight excluding hydrogens is 318 g/mol. The third-order valence-electron chi connectivity index (χ3n) is 3.55. The van der Waals surface area contributed by atoms with E-state index in [1.165, 1.54) is 18.0 Å². The Morgan fingerprint density at radius 3 is 2.60 bits per heavy atom. The number of amides is 1. The van der Waals surface area contributed by atoms with E-state index in [0.717, 1.165) is 19.4 Å². The van der Waals surface area contributed by atoms with E-state index in [1.807, 2.05) is 18.2 Å². The molecule has 0 radical (unpaired) electrons. The van der Waals surface area contributed by atoms with E-state index in [9.17, 15) is 4.79 Å². The highest BCUT2D eigenvalue weighted by molar-refractivity contribution is 6.03. The van der Waals surface area contributed by atoms with E-state index < -0.39 is 0 Å². The van der Waals surface area contributed by atoms with Crippen LogP contribution in [0.4, 0.5) is 11.8 Å². The smallest absolute Gasteiger partial charge is 0.260 e. The number of aromatic nitrogens is 3. The van der Waals surface area contributed by atoms with Gasteiger partial charge in [0.05, 0.1) is 5.56 Å². The van der Waals surface area contributed by atoms with E-state index in [1.54, 1.807) is 13.0 Å². The van der Waals surface area contributed by atoms with Crippen molar-refractivity contribution in [3.8, 4) is 0 Å². The van der Waals surface area contributed by atoms with E-state index in [2.05, 4.69) is 37.9 Å². The Morgan fingerprint density at radius 1 is 1.16 bits per heavy atom. The van der Waals surface area contributed by atoms with Crippen molar-refractivity contribution in [3.63, 3.8) is 0 Å². The summed E-state index contributed by atoms with van der Waals surface area (Å²) in [4.78, 5) is 20.4. The van der Waals surface area contributed by atoms with Gasteiger partial charge in [0, 0.05) is 25.0 Å². The molecule has 0 aliphatic rings. The molecule has 0 saturated carbocycles. The van der Waals surface area contributed by atoms with Crippen LogP contribution in [0.15, 0.2) is 53.3 Å². The lowest BCUT2D eigenvalue weighted by atomic mass is 10.1. The minimum absolute atomic E-state index is 0.330. The summed E-state index contributed by atoms with van der Waals surface area (Å²) in [6, 6.07) is 11.9. The predicted molar refractivity (Wildman–Crippen MR) is 94.5 cm³/mol. The molecule has 0 unspecified atom stereocenters. The number of hydrogen-bond acceptors (Lipinski definition) is 6. The first-order valence-electron chi connectivity index (χ1n) is 8.05. The van der Waals surface area contributed by atoms with Gasteiger partial charge >= 0.3 is 0 Å². The van der Waals surface area contributed by atoms with Crippen molar-refractivity contribution in [2.45, 2.75) is 19.8 Å². The van der Waals surface area contributed by atoms with Crippen LogP contribution in [-0.2, 0) is 6.42 Å². The fraction of sp³-hybridized carbons (Fsp3) is 0.222. The minimum Gasteiger partial charge on any atom is -0.360 e. The number of anilines is 2. The molecule has 3 aromatic rings. The zero-order chi connectivity index (χ0) is 17.5. The number of benzene rings is 1. The molecule has 0 fully saturated rings. The van der Waals surface area contributed by atoms with Gasteiger partial charge in [0.15, 0.2) is 5.82 Å². The molecule has 128 valence electrons. The van der Waals surface area contributed by atoms with Gasteiger partial charge in [-0.15, -0.1) is 0 Å². The van der Waals surface area contributed by atoms with Gasteiger partial charge < -0.3 is 15.2 Å². The lowest BCUT2D eigenvalue weighted by Crippen LogP contribution is -2.14. The zero-order valence-corrected chi connectivity index (χ0v) is 13.9. The molecule has 0 spiro atoms. The lowest BCUT2D eigenvalue weighted by Gasteiger charge is -2.06. The fourth-order valence-corrected chi connectivity index (χ4v) is 2.29. The molecular formula is C18H19N5O2. The first-order valence-corrected chi connectivity index (χ1v) is 8.05. The summed E-state index contributed by atoms with van der Waals surface area (Å²) in [6.07, 6.45) is 4.93. The van der Waals surface area contributed by atoms with Crippen LogP contribution in [0.1, 0.15) is 28.1 Å². The quantitative estimate of drug-likeness (QED) is 0.644. The molecule has 25 heavy (non-hydrogen) atoms. The molecule has 0 aliphatic carbocycles. The van der Waals surface area contributed by atoms with Crippen LogP contribution in [0.3, 0.4) is 0 Å². The van der Waals surface area contributed by atoms with Crippen molar-refractivity contribution >= 4 is 17.7 Å². The fourth-order valence-electron chi connectivity index (χ4n) is 2.29. The van der Waals surface area contributed by atoms with Crippen LogP contribution in [0.2, 0.25) is 0 Å². The predicted octanol–water partition coefficient (Wildman–Crippen LogP) is 3.07. The largest absolute Gasteiger partial charge is 0.360 e. The highest BCUT2D eigenvalue weighted by Gasteiger charge is 2.10. The number of aryl methyl sites for hydroxylation is 2. The first-order chi connectivity index (χ1) is 12.2. The number of carbonyl (C=O) groups excluding carboxylic acids is 1. The normalized spacial score (nSPS) is 10.4. The summed E-state index contributed by atoms with van der Waals surface area (Å²) in [5.74, 6) is 1.16. The molecule has 2 aromatic heterocycles. The number of hydrogen-bond donors (Lipinski definition) is 2. The van der Waals surface area contributed by atoms with Crippen LogP contribution >= 0.6 is 0 Å². The molecule has 2 heterocycles. The molecule has 7 heteroatoms. The van der Waals surface area contributed by atoms with Crippen LogP contribution in [0.5, 0.6) is 0 Å². The van der Waals surface area contributed by atoms with Crippen molar-refractivity contribution < 1.29 is 9.32 Å². The highest BCUT2D eigenvalue weighted by atomic mass is 16.5. The lowest BCUT2D eigenvalue weighted by molar-refractivity contribution is 0.102. The molecule has 1 aromatic carbocycles. The molecule has 7 nitrogen and oxygen atoms in total. The average molecular weight is 337 g/mol. The van der Waals surface area contributed by atoms with E-state index >= 15 is 0 Å². The van der Waals surface area contributed by atoms with Crippen molar-refractivity contribution in [2.24, 2.45) is 0 Å². The van der Waals surface area contributed by atoms with E-state index in [-0.39, 0.29) is 5.91 Å². The maximum atomic E-state index is 12.1. The topological polar surface area (TPSA) is 92.9 Å². The molecule has 0 saturated heterocycles. The second kappa shape index (κ2) is 8.05. The second-order valence-electron chi connectivity index (χ2n) is 5.59. The second-order valence-corrected chi connectivity index (χ2v) is 5.59. The Hall–Kier alpha value is -3.22. The van der Waals surface area contributed by atoms with Crippen LogP contribution in [0, 0.1) is 6.92 Å². The molecule has 3 rings (SSSR count). The first kappa shape index (κ1) is 16.6. The number of nitrogens with zero attached hydrogens (tertiary/aromatic N) is 3. The minimum atomic E-state index is -0.330. The number of nitrogens with one attached hydrogen (secondary N) is 2. The highest BCUT2D eigenvalue weighted by Crippen LogP contribution is 2.09. The Bertz CT molecular complexity index is 815. The van der Waals surface area contributed by atoms with Crippen molar-refractivity contribution in [3.05, 3.63) is 65.7 Å². The third kappa shape index (κ3) is 4.87. The summed E-state index contributed by atoms with van der Waals surface area (Å²) in [5, 5.41) is 9.49. The van der Waals surface area contributed by atoms with Gasteiger partial charge in [-0.3, -0.25) is 4.79 Å². The van der Waals surface area contributed by atoms with Crippen molar-refractivity contribution in [1.82, 2.24) is 15.1 Å². The summed E-state index contributed by atoms with van der Waals surface area (Å²) in [6.45, 7) is 2.52. The van der Waals surface area contributed by atoms with E-state index in [0.29, 0.717) is 23.1 Å². The van der Waals surface area contributed by atoms with Gasteiger partial charge in [0.1, 0.15) is 5.76 Å². The summed E-state index contributed by atoms with van der Waals surface area (Å²) in [7, 11) is 0. The van der Waals surface area contributed by atoms with Gasteiger partial charge in [-0.1, -0.05) is 35.5 Å². The molecule has 0 atom stereocenters. The Morgan fingerprint density at radius 2 is 1.92 bits per heavy atom. The molecule has 0 bridgehead atoms. The molecule has 2 N–H and O–H groups in total. The van der Waals surface area contributed by atoms with Crippen LogP contribution < -0.4 is 10.6 Å². The Labute approximate surface area is 145 Å². The number of rotatable bonds is 7. The maximum Gasteiger partial charge on any atom is 0.260 e. The van der Waals surface area contributed by atoms with Gasteiger partial charge in [-0.05, 0) is 25.3 Å². The van der Waals surface area contributed by atoms with Crippen molar-refractivity contribution in [2.75, 3.05) is 17.2 Å². The summed E-state index contributed by atoms with van der Waals surface area (Å²) < 4.78 is 4.90. The van der Waals surface area contributed by atoms with Gasteiger partial charge in [0.2, 0.25) is 5.95 Å². The monoisotopic (exact) mass is 337 g/mol. The van der Waals surface area contributed by atoms with Crippen LogP contribution in [-0.4, -0.2) is 27.6 Å². The Kier molecular flexibility index (Phi) is 5.36. The molecule has 1 amide bonds. The van der Waals surface area contributed by atoms with Gasteiger partial charge in [-0.25, -0.2) is 9.97 Å². The number of carbonyl (C=O) groups is 1. The average Bonchev–Trinajstić information content (AvgIpc) is 3.05. The Balaban J connectivity index is 1.46. The maximum absolute atomic E-state index is 12.1. The van der Waals surface area contributed by atoms with Gasteiger partial charge in [0.25, 0.3) is 5.91 Å². The summed E-state index contributed by atoms with van der Waals surface area (Å²) >= 11 is 0. The zero-order valence-electron chi connectivity index (χ0n) is 13.9. The third-order valence-corrected chi connectivity index (χ3v) is 3.55. The van der Waals surface area contributed by atoms with Gasteiger partial charge in [-0.2, -0.15) is 0 Å². The molecule has 0 aliphatic heterocycles. The summed E-state index contributed by atoms with van der Waals surface area (Å²) in [5.41, 5.74) is 1.66. The standard InChI is InChI=1S/C18H19N5O2/c1-13-10-16(23-25-13)22-17(24)15-11-20-18(21-12-15)19-9-5-8-14-6-3-2-4-7-14/h2-4,6-7,10-12H,5,8-9H2,1H3,(H,19,20,21)(H,22,23,24). The van der Waals surface area contributed by atoms with E-state index in [4.69, 9.17) is 4.52 Å².